The van der Waals surface area contributed by atoms with E-state index in [1.165, 1.54) is 54.2 Å². The maximum atomic E-state index is 4.87. The molecule has 0 bridgehead atoms. The molecule has 0 aromatic carbocycles. The van der Waals surface area contributed by atoms with E-state index in [9.17, 15) is 0 Å². The second kappa shape index (κ2) is 6.56. The summed E-state index contributed by atoms with van der Waals surface area (Å²) in [6, 6.07) is 2.69. The number of aliphatic imine (C=N–C) groups is 2. The molecule has 132 valence electrons. The zero-order valence-corrected chi connectivity index (χ0v) is 14.9. The number of rotatable bonds is 1. The molecule has 2 aromatic heterocycles. The van der Waals surface area contributed by atoms with Gasteiger partial charge in [0.1, 0.15) is 5.82 Å². The van der Waals surface area contributed by atoms with Crippen LogP contribution < -0.4 is 10.7 Å². The third kappa shape index (κ3) is 2.59. The fourth-order valence-corrected chi connectivity index (χ4v) is 4.39. The summed E-state index contributed by atoms with van der Waals surface area (Å²) in [5.41, 5.74) is 3.73. The van der Waals surface area contributed by atoms with Gasteiger partial charge in [-0.05, 0) is 30.9 Å². The number of aromatic nitrogens is 3. The molecule has 1 saturated carbocycles. The van der Waals surface area contributed by atoms with Gasteiger partial charge in [-0.2, -0.15) is 0 Å². The number of nitrogens with one attached hydrogen (secondary N) is 1. The molecule has 0 radical (unpaired) electrons. The highest BCUT2D eigenvalue weighted by Gasteiger charge is 2.21. The molecule has 0 amide bonds. The molecule has 5 nitrogen and oxygen atoms in total. The molecule has 0 unspecified atom stereocenters. The van der Waals surface area contributed by atoms with Crippen molar-refractivity contribution >= 4 is 29.4 Å². The maximum absolute atomic E-state index is 4.87. The molecule has 5 rings (SSSR count). The molecular weight excluding hydrogens is 322 g/mol. The van der Waals surface area contributed by atoms with E-state index in [2.05, 4.69) is 38.0 Å². The molecule has 0 atom stereocenters. The summed E-state index contributed by atoms with van der Waals surface area (Å²) in [6.07, 6.45) is 20.2. The molecule has 1 fully saturated rings. The first-order valence-corrected chi connectivity index (χ1v) is 9.59. The van der Waals surface area contributed by atoms with Crippen LogP contribution in [-0.4, -0.2) is 27.0 Å². The molecule has 4 heterocycles. The van der Waals surface area contributed by atoms with Crippen LogP contribution in [-0.2, 0) is 0 Å². The standard InChI is InChI=1S/C21H23N5/c1-2-6-16(7-3-1)26-14-25-19(15-5-4-10-22-13-15)20(26)17-8-11-23-21-18(17)9-12-24-21/h4,9-14,16,24H,1-3,5-8H2. The van der Waals surface area contributed by atoms with Gasteiger partial charge in [0.15, 0.2) is 0 Å². The van der Waals surface area contributed by atoms with Crippen LogP contribution in [0.15, 0.2) is 40.9 Å². The average Bonchev–Trinajstić information content (AvgIpc) is 3.36. The molecular formula is C21H23N5. The summed E-state index contributed by atoms with van der Waals surface area (Å²) >= 11 is 0. The summed E-state index contributed by atoms with van der Waals surface area (Å²) in [4.78, 5) is 17.0. The van der Waals surface area contributed by atoms with Crippen LogP contribution >= 0.6 is 0 Å². The van der Waals surface area contributed by atoms with E-state index >= 15 is 0 Å². The van der Waals surface area contributed by atoms with Crippen molar-refractivity contribution in [2.45, 2.75) is 51.0 Å². The van der Waals surface area contributed by atoms with Crippen LogP contribution in [0.3, 0.4) is 0 Å². The van der Waals surface area contributed by atoms with Crippen molar-refractivity contribution in [3.8, 4) is 0 Å². The normalized spacial score (nSPS) is 24.2. The van der Waals surface area contributed by atoms with Crippen LogP contribution in [0.1, 0.15) is 56.6 Å². The largest absolute Gasteiger partial charge is 0.346 e. The lowest BCUT2D eigenvalue weighted by atomic mass is 9.94. The monoisotopic (exact) mass is 345 g/mol. The Bertz CT molecular complexity index is 1020. The summed E-state index contributed by atoms with van der Waals surface area (Å²) in [5.74, 6) is 0.954. The Balaban J connectivity index is 1.81. The Hall–Kier alpha value is -2.69. The second-order valence-electron chi connectivity index (χ2n) is 7.27. The fourth-order valence-electron chi connectivity index (χ4n) is 4.39. The van der Waals surface area contributed by atoms with Gasteiger partial charge in [0.25, 0.3) is 0 Å². The first-order chi connectivity index (χ1) is 12.9. The van der Waals surface area contributed by atoms with Gasteiger partial charge in [0.2, 0.25) is 0 Å². The SMILES string of the molecule is C1=CN=CC(=c2ncn(C3CCCCC3)c2=C2CC=Nc3[nH]ccc32)C1. The molecule has 1 N–H and O–H groups in total. The molecule has 5 heteroatoms. The number of H-pyrrole nitrogens is 1. The minimum atomic E-state index is 0.547. The van der Waals surface area contributed by atoms with Crippen molar-refractivity contribution in [3.05, 3.63) is 47.1 Å². The van der Waals surface area contributed by atoms with E-state index in [1.54, 1.807) is 0 Å². The molecule has 0 saturated heterocycles. The smallest absolute Gasteiger partial charge is 0.137 e. The van der Waals surface area contributed by atoms with E-state index in [0.29, 0.717) is 6.04 Å². The number of fused-ring (bicyclic) bond motifs is 1. The first-order valence-electron chi connectivity index (χ1n) is 9.59. The number of allylic oxidation sites excluding steroid dienone is 1. The zero-order valence-electron chi connectivity index (χ0n) is 14.9. The summed E-state index contributed by atoms with van der Waals surface area (Å²) in [7, 11) is 0. The highest BCUT2D eigenvalue weighted by atomic mass is 15.1. The summed E-state index contributed by atoms with van der Waals surface area (Å²) < 4.78 is 2.44. The lowest BCUT2D eigenvalue weighted by Gasteiger charge is -2.24. The Morgan fingerprint density at radius 2 is 2.04 bits per heavy atom. The van der Waals surface area contributed by atoms with Crippen molar-refractivity contribution in [1.82, 2.24) is 14.5 Å². The van der Waals surface area contributed by atoms with E-state index in [0.717, 1.165) is 24.0 Å². The molecule has 0 spiro atoms. The van der Waals surface area contributed by atoms with Gasteiger partial charge in [-0.25, -0.2) is 9.98 Å². The lowest BCUT2D eigenvalue weighted by Crippen LogP contribution is -2.37. The minimum Gasteiger partial charge on any atom is -0.346 e. The molecule has 2 aromatic rings. The van der Waals surface area contributed by atoms with Gasteiger partial charge >= 0.3 is 0 Å². The molecule has 2 aliphatic heterocycles. The minimum absolute atomic E-state index is 0.547. The van der Waals surface area contributed by atoms with Crippen LogP contribution in [0.25, 0.3) is 11.1 Å². The Morgan fingerprint density at radius 3 is 2.88 bits per heavy atom. The van der Waals surface area contributed by atoms with Crippen molar-refractivity contribution in [3.63, 3.8) is 0 Å². The second-order valence-corrected chi connectivity index (χ2v) is 7.27. The van der Waals surface area contributed by atoms with Crippen LogP contribution in [0.2, 0.25) is 0 Å². The van der Waals surface area contributed by atoms with Crippen LogP contribution in [0.5, 0.6) is 0 Å². The number of aromatic amines is 1. The number of hydrogen-bond acceptors (Lipinski definition) is 3. The van der Waals surface area contributed by atoms with E-state index in [-0.39, 0.29) is 0 Å². The van der Waals surface area contributed by atoms with Crippen LogP contribution in [0.4, 0.5) is 5.82 Å². The molecule has 26 heavy (non-hydrogen) atoms. The van der Waals surface area contributed by atoms with Crippen molar-refractivity contribution < 1.29 is 0 Å². The van der Waals surface area contributed by atoms with E-state index in [4.69, 9.17) is 4.98 Å². The van der Waals surface area contributed by atoms with E-state index < -0.39 is 0 Å². The van der Waals surface area contributed by atoms with Gasteiger partial charge < -0.3 is 9.55 Å². The Kier molecular flexibility index (Phi) is 3.92. The molecule has 1 aliphatic carbocycles. The fraction of sp³-hybridized carbons (Fsp3) is 0.381. The maximum Gasteiger partial charge on any atom is 0.137 e. The van der Waals surface area contributed by atoms with Crippen molar-refractivity contribution in [2.24, 2.45) is 9.98 Å². The first kappa shape index (κ1) is 15.6. The lowest BCUT2D eigenvalue weighted by molar-refractivity contribution is 0.348. The van der Waals surface area contributed by atoms with Gasteiger partial charge in [-0.1, -0.05) is 25.3 Å². The summed E-state index contributed by atoms with van der Waals surface area (Å²) in [5, 5.41) is 2.35. The number of imidazole rings is 1. The Morgan fingerprint density at radius 1 is 1.12 bits per heavy atom. The quantitative estimate of drug-likeness (QED) is 0.848. The average molecular weight is 345 g/mol. The predicted octanol–water partition coefficient (Wildman–Crippen LogP) is 3.16. The Labute approximate surface area is 152 Å². The summed E-state index contributed by atoms with van der Waals surface area (Å²) in [6.45, 7) is 0. The topological polar surface area (TPSA) is 58.3 Å². The third-order valence-electron chi connectivity index (χ3n) is 5.68. The number of nitrogens with zero attached hydrogens (tertiary/aromatic N) is 4. The molecule has 3 aliphatic rings. The number of hydrogen-bond donors (Lipinski definition) is 1. The van der Waals surface area contributed by atoms with Crippen LogP contribution in [0, 0.1) is 0 Å². The highest BCUT2D eigenvalue weighted by molar-refractivity contribution is 6.03. The van der Waals surface area contributed by atoms with Gasteiger partial charge in [0, 0.05) is 48.4 Å². The van der Waals surface area contributed by atoms with Gasteiger partial charge in [0.05, 0.1) is 17.0 Å². The van der Waals surface area contributed by atoms with Crippen molar-refractivity contribution in [2.75, 3.05) is 0 Å². The van der Waals surface area contributed by atoms with E-state index in [1.807, 2.05) is 24.8 Å². The van der Waals surface area contributed by atoms with Crippen molar-refractivity contribution in [1.29, 1.82) is 0 Å². The zero-order chi connectivity index (χ0) is 17.3. The third-order valence-corrected chi connectivity index (χ3v) is 5.68. The highest BCUT2D eigenvalue weighted by Crippen LogP contribution is 2.30. The predicted molar refractivity (Wildman–Crippen MR) is 105 cm³/mol. The van der Waals surface area contributed by atoms with Gasteiger partial charge in [-0.3, -0.25) is 4.99 Å². The van der Waals surface area contributed by atoms with Gasteiger partial charge in [-0.15, -0.1) is 0 Å².